The Hall–Kier alpha value is 0.0931. The molecule has 0 saturated heterocycles. The van der Waals surface area contributed by atoms with E-state index in [1.54, 1.807) is 0 Å². The number of carboxylic acid groups (broad SMARTS) is 1. The van der Waals surface area contributed by atoms with Crippen molar-refractivity contribution in [2.45, 2.75) is 6.42 Å². The third-order valence-electron chi connectivity index (χ3n) is 0.319. The van der Waals surface area contributed by atoms with Crippen LogP contribution in [0.5, 0.6) is 0 Å². The summed E-state index contributed by atoms with van der Waals surface area (Å²) >= 11 is 0. The molecule has 3 heteroatoms. The number of hydrogen-bond acceptors (Lipinski definition) is 1. The van der Waals surface area contributed by atoms with E-state index in [0.717, 1.165) is 0 Å². The quantitative estimate of drug-likeness (QED) is 0.549. The SMILES string of the molecule is C=CCC(=O)O.[BiH3]. The Morgan fingerprint density at radius 1 is 1.86 bits per heavy atom. The van der Waals surface area contributed by atoms with Gasteiger partial charge in [0.15, 0.2) is 0 Å². The Morgan fingerprint density at radius 2 is 2.29 bits per heavy atom. The van der Waals surface area contributed by atoms with Gasteiger partial charge in [-0.15, -0.1) is 6.58 Å². The van der Waals surface area contributed by atoms with Crippen LogP contribution in [0.4, 0.5) is 0 Å². The van der Waals surface area contributed by atoms with Crippen molar-refractivity contribution < 1.29 is 9.90 Å². The summed E-state index contributed by atoms with van der Waals surface area (Å²) in [5.41, 5.74) is 0. The standard InChI is InChI=1S/C4H6O2.Bi.3H/c1-2-3-4(5)6;;;;/h2H,1,3H2,(H,5,6);;;;. The van der Waals surface area contributed by atoms with Crippen molar-refractivity contribution in [3.05, 3.63) is 12.7 Å². The first-order valence-corrected chi connectivity index (χ1v) is 1.60. The third-order valence-corrected chi connectivity index (χ3v) is 0.319. The van der Waals surface area contributed by atoms with E-state index < -0.39 is 5.97 Å². The van der Waals surface area contributed by atoms with Crippen molar-refractivity contribution >= 4 is 32.2 Å². The molecule has 0 aromatic rings. The van der Waals surface area contributed by atoms with Gasteiger partial charge in [-0.3, -0.25) is 4.79 Å². The molecule has 1 N–H and O–H groups in total. The summed E-state index contributed by atoms with van der Waals surface area (Å²) < 4.78 is 0. The van der Waals surface area contributed by atoms with Gasteiger partial charge in [0.25, 0.3) is 0 Å². The van der Waals surface area contributed by atoms with Gasteiger partial charge < -0.3 is 5.11 Å². The Bertz CT molecular complexity index is 70.1. The molecule has 0 atom stereocenters. The van der Waals surface area contributed by atoms with Gasteiger partial charge in [0.1, 0.15) is 0 Å². The molecular weight excluding hydrogens is 289 g/mol. The van der Waals surface area contributed by atoms with Gasteiger partial charge in [-0.1, -0.05) is 6.08 Å². The van der Waals surface area contributed by atoms with E-state index in [4.69, 9.17) is 5.11 Å². The van der Waals surface area contributed by atoms with Gasteiger partial charge in [-0.2, -0.15) is 0 Å². The average Bonchev–Trinajstić information content (AvgIpc) is 1.35. The molecule has 0 saturated carbocycles. The predicted molar refractivity (Wildman–Crippen MR) is 32.4 cm³/mol. The van der Waals surface area contributed by atoms with Crippen LogP contribution in [0.15, 0.2) is 12.7 Å². The fourth-order valence-corrected chi connectivity index (χ4v) is 0.123. The van der Waals surface area contributed by atoms with E-state index >= 15 is 0 Å². The van der Waals surface area contributed by atoms with Gasteiger partial charge in [0.05, 0.1) is 6.42 Å². The predicted octanol–water partition coefficient (Wildman–Crippen LogP) is -0.537. The summed E-state index contributed by atoms with van der Waals surface area (Å²) in [5.74, 6) is -0.829. The summed E-state index contributed by atoms with van der Waals surface area (Å²) in [6.07, 6.45) is 1.41. The van der Waals surface area contributed by atoms with Crippen LogP contribution in [0.3, 0.4) is 0 Å². The van der Waals surface area contributed by atoms with Crippen molar-refractivity contribution in [1.82, 2.24) is 0 Å². The molecule has 0 spiro atoms. The maximum absolute atomic E-state index is 9.53. The second-order valence-electron chi connectivity index (χ2n) is 0.887. The van der Waals surface area contributed by atoms with Crippen molar-refractivity contribution in [2.24, 2.45) is 0 Å². The Kier molecular flexibility index (Phi) is 8.84. The molecule has 2 nitrogen and oxygen atoms in total. The van der Waals surface area contributed by atoms with Crippen LogP contribution in [-0.2, 0) is 4.79 Å². The maximum atomic E-state index is 9.53. The molecule has 0 rings (SSSR count). The van der Waals surface area contributed by atoms with E-state index in [1.165, 1.54) is 6.08 Å². The fourth-order valence-electron chi connectivity index (χ4n) is 0.123. The minimum absolute atomic E-state index is 0. The van der Waals surface area contributed by atoms with Crippen LogP contribution in [0, 0.1) is 0 Å². The molecule has 0 amide bonds. The van der Waals surface area contributed by atoms with E-state index in [0.29, 0.717) is 0 Å². The van der Waals surface area contributed by atoms with Crippen LogP contribution in [0.1, 0.15) is 6.42 Å². The average molecular weight is 298 g/mol. The molecule has 0 fully saturated rings. The second-order valence-corrected chi connectivity index (χ2v) is 0.887. The topological polar surface area (TPSA) is 37.3 Å². The van der Waals surface area contributed by atoms with Crippen LogP contribution < -0.4 is 0 Å². The molecule has 0 aromatic carbocycles. The van der Waals surface area contributed by atoms with Crippen LogP contribution in [0.25, 0.3) is 0 Å². The third kappa shape index (κ3) is 10.7. The molecule has 0 radical (unpaired) electrons. The summed E-state index contributed by atoms with van der Waals surface area (Å²) in [7, 11) is 0. The first-order valence-electron chi connectivity index (χ1n) is 1.60. The van der Waals surface area contributed by atoms with E-state index in [9.17, 15) is 4.79 Å². The Labute approximate surface area is 61.3 Å². The fraction of sp³-hybridized carbons (Fsp3) is 0.250. The zero-order valence-electron chi connectivity index (χ0n) is 4.05. The molecule has 0 unspecified atom stereocenters. The molecule has 42 valence electrons. The van der Waals surface area contributed by atoms with Crippen molar-refractivity contribution in [1.29, 1.82) is 0 Å². The monoisotopic (exact) mass is 298 g/mol. The van der Waals surface area contributed by atoms with Crippen LogP contribution in [0.2, 0.25) is 0 Å². The summed E-state index contributed by atoms with van der Waals surface area (Å²) in [5, 5.41) is 7.84. The summed E-state index contributed by atoms with van der Waals surface area (Å²) in [6, 6.07) is 0. The Morgan fingerprint density at radius 3 is 2.29 bits per heavy atom. The molecule has 0 aliphatic carbocycles. The molecule has 0 aliphatic heterocycles. The van der Waals surface area contributed by atoms with Crippen LogP contribution >= 0.6 is 0 Å². The number of rotatable bonds is 2. The molecule has 0 heterocycles. The molecule has 0 bridgehead atoms. The van der Waals surface area contributed by atoms with Crippen LogP contribution in [-0.4, -0.2) is 37.3 Å². The minimum atomic E-state index is -0.829. The zero-order chi connectivity index (χ0) is 4.99. The molecule has 7 heavy (non-hydrogen) atoms. The number of hydrogen-bond donors (Lipinski definition) is 1. The van der Waals surface area contributed by atoms with Gasteiger partial charge in [0, 0.05) is 0 Å². The van der Waals surface area contributed by atoms with Gasteiger partial charge in [-0.05, 0) is 0 Å². The van der Waals surface area contributed by atoms with Crippen molar-refractivity contribution in [3.8, 4) is 0 Å². The molecule has 0 aromatic heterocycles. The van der Waals surface area contributed by atoms with Gasteiger partial charge in [-0.25, -0.2) is 0 Å². The summed E-state index contributed by atoms with van der Waals surface area (Å²) in [4.78, 5) is 9.53. The molecular formula is C4H9BiO2. The normalized spacial score (nSPS) is 6.29. The number of carboxylic acids is 1. The van der Waals surface area contributed by atoms with E-state index in [1.807, 2.05) is 0 Å². The Balaban J connectivity index is 0. The van der Waals surface area contributed by atoms with Crippen molar-refractivity contribution in [3.63, 3.8) is 0 Å². The summed E-state index contributed by atoms with van der Waals surface area (Å²) in [6.45, 7) is 3.22. The first kappa shape index (κ1) is 10.2. The number of aliphatic carboxylic acids is 1. The molecule has 0 aliphatic rings. The first-order chi connectivity index (χ1) is 2.77. The number of carbonyl (C=O) groups is 1. The van der Waals surface area contributed by atoms with E-state index in [-0.39, 0.29) is 32.6 Å². The zero-order valence-corrected chi connectivity index (χ0v) is 9.55. The van der Waals surface area contributed by atoms with Gasteiger partial charge in [0.2, 0.25) is 0 Å². The second kappa shape index (κ2) is 6.09. The van der Waals surface area contributed by atoms with Crippen molar-refractivity contribution in [2.75, 3.05) is 0 Å². The van der Waals surface area contributed by atoms with E-state index in [2.05, 4.69) is 6.58 Å². The van der Waals surface area contributed by atoms with Gasteiger partial charge >= 0.3 is 32.2 Å².